The summed E-state index contributed by atoms with van der Waals surface area (Å²) in [6.07, 6.45) is 4.03. The number of hydrogen-bond acceptors (Lipinski definition) is 5. The lowest BCUT2D eigenvalue weighted by atomic mass is 10.5. The number of carbonyl (C=O) groups is 1. The first-order chi connectivity index (χ1) is 6.83. The van der Waals surface area contributed by atoms with Crippen LogP contribution in [0.25, 0.3) is 5.78 Å². The maximum atomic E-state index is 10.4. The summed E-state index contributed by atoms with van der Waals surface area (Å²) in [7, 11) is 1.50. The molecule has 0 atom stereocenters. The van der Waals surface area contributed by atoms with Crippen LogP contribution in [-0.2, 0) is 0 Å². The highest BCUT2D eigenvalue weighted by atomic mass is 32.1. The number of fused-ring (bicyclic) bond motifs is 1. The van der Waals surface area contributed by atoms with E-state index in [-0.39, 0.29) is 0 Å². The van der Waals surface area contributed by atoms with Crippen LogP contribution in [0, 0.1) is 0 Å². The fourth-order valence-electron chi connectivity index (χ4n) is 0.971. The molecule has 0 amide bonds. The van der Waals surface area contributed by atoms with Crippen molar-refractivity contribution in [2.75, 3.05) is 7.05 Å². The molecule has 0 aliphatic heterocycles. The van der Waals surface area contributed by atoms with Crippen LogP contribution in [0.5, 0.6) is 0 Å². The van der Waals surface area contributed by atoms with Gasteiger partial charge in [-0.2, -0.15) is 0 Å². The highest BCUT2D eigenvalue weighted by Crippen LogP contribution is 2.12. The summed E-state index contributed by atoms with van der Waals surface area (Å²) >= 11 is 4.12. The van der Waals surface area contributed by atoms with E-state index < -0.39 is 0 Å². The number of imidazole rings is 1. The highest BCUT2D eigenvalue weighted by Gasteiger charge is 2.06. The highest BCUT2D eigenvalue weighted by molar-refractivity contribution is 7.80. The molecule has 0 aliphatic carbocycles. The van der Waals surface area contributed by atoms with E-state index in [1.807, 2.05) is 0 Å². The number of thiol groups is 1. The van der Waals surface area contributed by atoms with Crippen LogP contribution < -0.4 is 5.73 Å². The van der Waals surface area contributed by atoms with Gasteiger partial charge in [0.15, 0.2) is 6.29 Å². The second-order valence-electron chi connectivity index (χ2n) is 2.23. The van der Waals surface area contributed by atoms with Crippen molar-refractivity contribution in [1.29, 1.82) is 0 Å². The zero-order valence-electron chi connectivity index (χ0n) is 7.58. The van der Waals surface area contributed by atoms with Crippen LogP contribution in [0.2, 0.25) is 0 Å². The minimum atomic E-state index is 0.317. The zero-order chi connectivity index (χ0) is 10.6. The van der Waals surface area contributed by atoms with Gasteiger partial charge in [0.25, 0.3) is 0 Å². The molecule has 6 heteroatoms. The fourth-order valence-corrected chi connectivity index (χ4v) is 1.23. The Morgan fingerprint density at radius 1 is 1.57 bits per heavy atom. The van der Waals surface area contributed by atoms with Crippen molar-refractivity contribution in [1.82, 2.24) is 14.4 Å². The average Bonchev–Trinajstić information content (AvgIpc) is 2.59. The predicted molar refractivity (Wildman–Crippen MR) is 55.7 cm³/mol. The van der Waals surface area contributed by atoms with Gasteiger partial charge in [0.05, 0.1) is 0 Å². The molecule has 14 heavy (non-hydrogen) atoms. The number of carbonyl (C=O) groups excluding carboxylic acids is 1. The smallest absolute Gasteiger partial charge is 0.235 e. The Hall–Kier alpha value is -1.40. The van der Waals surface area contributed by atoms with Crippen LogP contribution in [0.15, 0.2) is 23.5 Å². The van der Waals surface area contributed by atoms with Gasteiger partial charge in [0.1, 0.15) is 10.7 Å². The number of aromatic nitrogens is 3. The average molecular weight is 210 g/mol. The molecule has 0 saturated carbocycles. The molecule has 0 spiro atoms. The minimum Gasteiger partial charge on any atom is -0.333 e. The first kappa shape index (κ1) is 10.7. The molecule has 0 saturated heterocycles. The molecule has 74 valence electrons. The van der Waals surface area contributed by atoms with Crippen molar-refractivity contribution in [3.8, 4) is 0 Å². The molecule has 0 unspecified atom stereocenters. The third-order valence-electron chi connectivity index (χ3n) is 1.52. The third kappa shape index (κ3) is 1.75. The Bertz CT molecular complexity index is 440. The second kappa shape index (κ2) is 4.73. The van der Waals surface area contributed by atoms with Crippen molar-refractivity contribution in [3.05, 3.63) is 24.2 Å². The molecule has 0 radical (unpaired) electrons. The Morgan fingerprint density at radius 3 is 2.86 bits per heavy atom. The molecule has 5 nitrogen and oxygen atoms in total. The van der Waals surface area contributed by atoms with Gasteiger partial charge < -0.3 is 5.73 Å². The van der Waals surface area contributed by atoms with E-state index in [4.69, 9.17) is 0 Å². The van der Waals surface area contributed by atoms with E-state index in [1.54, 1.807) is 22.9 Å². The molecule has 0 aromatic carbocycles. The first-order valence-electron chi connectivity index (χ1n) is 3.88. The van der Waals surface area contributed by atoms with Gasteiger partial charge in [-0.3, -0.25) is 9.20 Å². The standard InChI is InChI=1S/C7H5N3OS.CH5N/c11-4-5-6(12)10-3-1-2-8-7(10)9-5;1-2/h1-4,12H;2H2,1H3. The number of aldehydes is 1. The van der Waals surface area contributed by atoms with Crippen LogP contribution >= 0.6 is 12.6 Å². The molecular weight excluding hydrogens is 200 g/mol. The number of nitrogens with zero attached hydrogens (tertiary/aromatic N) is 3. The Balaban J connectivity index is 0.000000461. The zero-order valence-corrected chi connectivity index (χ0v) is 8.48. The van der Waals surface area contributed by atoms with Gasteiger partial charge in [0, 0.05) is 12.4 Å². The summed E-state index contributed by atoms with van der Waals surface area (Å²) < 4.78 is 1.65. The van der Waals surface area contributed by atoms with Crippen molar-refractivity contribution >= 4 is 24.7 Å². The predicted octanol–water partition coefficient (Wildman–Crippen LogP) is 0.405. The first-order valence-corrected chi connectivity index (χ1v) is 4.32. The Morgan fingerprint density at radius 2 is 2.29 bits per heavy atom. The third-order valence-corrected chi connectivity index (χ3v) is 1.96. The normalized spacial score (nSPS) is 9.36. The lowest BCUT2D eigenvalue weighted by Crippen LogP contribution is -1.85. The van der Waals surface area contributed by atoms with Gasteiger partial charge in [-0.15, -0.1) is 12.6 Å². The van der Waals surface area contributed by atoms with Crippen molar-refractivity contribution in [3.63, 3.8) is 0 Å². The largest absolute Gasteiger partial charge is 0.333 e. The van der Waals surface area contributed by atoms with Crippen molar-refractivity contribution < 1.29 is 4.79 Å². The van der Waals surface area contributed by atoms with Crippen LogP contribution in [0.1, 0.15) is 10.5 Å². The number of hydrogen-bond donors (Lipinski definition) is 2. The molecular formula is C8H10N4OS. The summed E-state index contributed by atoms with van der Waals surface area (Å²) in [6, 6.07) is 1.75. The molecule has 0 aliphatic rings. The molecule has 2 N–H and O–H groups in total. The SMILES string of the molecule is CN.O=Cc1nc2ncccn2c1S. The molecule has 2 aromatic heterocycles. The van der Waals surface area contributed by atoms with Gasteiger partial charge in [-0.25, -0.2) is 9.97 Å². The van der Waals surface area contributed by atoms with E-state index in [0.717, 1.165) is 0 Å². The lowest BCUT2D eigenvalue weighted by molar-refractivity contribution is 0.111. The second-order valence-corrected chi connectivity index (χ2v) is 2.65. The minimum absolute atomic E-state index is 0.317. The molecule has 2 aromatic rings. The van der Waals surface area contributed by atoms with Gasteiger partial charge in [-0.1, -0.05) is 0 Å². The van der Waals surface area contributed by atoms with Gasteiger partial charge >= 0.3 is 0 Å². The lowest BCUT2D eigenvalue weighted by Gasteiger charge is -1.90. The van der Waals surface area contributed by atoms with E-state index in [0.29, 0.717) is 22.8 Å². The van der Waals surface area contributed by atoms with E-state index in [2.05, 4.69) is 28.3 Å². The summed E-state index contributed by atoms with van der Waals surface area (Å²) in [5, 5.41) is 0.521. The number of nitrogens with two attached hydrogens (primary N) is 1. The van der Waals surface area contributed by atoms with E-state index >= 15 is 0 Å². The van der Waals surface area contributed by atoms with Crippen LogP contribution in [-0.4, -0.2) is 27.7 Å². The Kier molecular flexibility index (Phi) is 3.61. The fraction of sp³-hybridized carbons (Fsp3) is 0.125. The Labute approximate surface area is 86.4 Å². The van der Waals surface area contributed by atoms with E-state index in [1.165, 1.54) is 7.05 Å². The quantitative estimate of drug-likeness (QED) is 0.528. The molecule has 2 rings (SSSR count). The summed E-state index contributed by atoms with van der Waals surface area (Å²) in [5.41, 5.74) is 4.82. The molecule has 0 bridgehead atoms. The molecule has 0 fully saturated rings. The number of rotatable bonds is 1. The maximum absolute atomic E-state index is 10.4. The van der Waals surface area contributed by atoms with Gasteiger partial charge in [0.2, 0.25) is 5.78 Å². The van der Waals surface area contributed by atoms with Crippen LogP contribution in [0.3, 0.4) is 0 Å². The van der Waals surface area contributed by atoms with E-state index in [9.17, 15) is 4.79 Å². The maximum Gasteiger partial charge on any atom is 0.235 e. The summed E-state index contributed by atoms with van der Waals surface area (Å²) in [4.78, 5) is 18.3. The topological polar surface area (TPSA) is 73.3 Å². The van der Waals surface area contributed by atoms with Crippen molar-refractivity contribution in [2.24, 2.45) is 5.73 Å². The van der Waals surface area contributed by atoms with Crippen LogP contribution in [0.4, 0.5) is 0 Å². The van der Waals surface area contributed by atoms with Crippen molar-refractivity contribution in [2.45, 2.75) is 5.03 Å². The monoisotopic (exact) mass is 210 g/mol. The van der Waals surface area contributed by atoms with Gasteiger partial charge in [-0.05, 0) is 13.1 Å². The summed E-state index contributed by atoms with van der Waals surface area (Å²) in [6.45, 7) is 0. The molecule has 2 heterocycles. The summed E-state index contributed by atoms with van der Waals surface area (Å²) in [5.74, 6) is 0.490.